The molecule has 4 nitrogen and oxygen atoms in total. The first kappa shape index (κ1) is 17.6. The molecule has 0 aromatic heterocycles. The Hall–Kier alpha value is -1.74. The van der Waals surface area contributed by atoms with Crippen LogP contribution in [0.5, 0.6) is 0 Å². The van der Waals surface area contributed by atoms with Crippen LogP contribution in [0.1, 0.15) is 27.0 Å². The Labute approximate surface area is 136 Å². The second kappa shape index (κ2) is 7.22. The topological polar surface area (TPSA) is 63.6 Å². The summed E-state index contributed by atoms with van der Waals surface area (Å²) < 4.78 is 18.9. The van der Waals surface area contributed by atoms with E-state index in [0.717, 1.165) is 16.7 Å². The van der Waals surface area contributed by atoms with Crippen molar-refractivity contribution in [1.82, 2.24) is 0 Å². The summed E-state index contributed by atoms with van der Waals surface area (Å²) in [7, 11) is -3.78. The number of benzene rings is 2. The lowest BCUT2D eigenvalue weighted by atomic mass is 10.1. The molecule has 2 aromatic rings. The summed E-state index contributed by atoms with van der Waals surface area (Å²) in [6.07, 6.45) is 0. The number of hydrogen-bond donors (Lipinski definition) is 1. The van der Waals surface area contributed by atoms with Crippen LogP contribution in [0.3, 0.4) is 0 Å². The van der Waals surface area contributed by atoms with Gasteiger partial charge in [-0.3, -0.25) is 9.36 Å². The standard InChI is InChI=1S/C18H21O4P/c1-13-9-10-17(15(3)14(13)2)23(21,22-12-11-19)18(20)16-7-5-4-6-8-16/h4-10,19H,11-12H2,1-3H3. The average molecular weight is 332 g/mol. The fraction of sp³-hybridized carbons (Fsp3) is 0.278. The van der Waals surface area contributed by atoms with Crippen molar-refractivity contribution in [3.8, 4) is 0 Å². The number of rotatable bonds is 6. The Balaban J connectivity index is 2.59. The molecule has 0 saturated heterocycles. The van der Waals surface area contributed by atoms with Crippen LogP contribution in [0.2, 0.25) is 0 Å². The van der Waals surface area contributed by atoms with E-state index in [2.05, 4.69) is 0 Å². The molecule has 122 valence electrons. The molecule has 2 aromatic carbocycles. The Bertz CT molecular complexity index is 753. The zero-order valence-corrected chi connectivity index (χ0v) is 14.5. The lowest BCUT2D eigenvalue weighted by molar-refractivity contribution is 0.104. The van der Waals surface area contributed by atoms with E-state index in [4.69, 9.17) is 9.63 Å². The molecule has 0 aliphatic carbocycles. The molecular formula is C18H21O4P. The highest BCUT2D eigenvalue weighted by atomic mass is 31.2. The van der Waals surface area contributed by atoms with E-state index in [9.17, 15) is 9.36 Å². The van der Waals surface area contributed by atoms with Crippen LogP contribution in [0.15, 0.2) is 42.5 Å². The molecule has 1 atom stereocenters. The fourth-order valence-corrected chi connectivity index (χ4v) is 4.60. The zero-order valence-electron chi connectivity index (χ0n) is 13.6. The monoisotopic (exact) mass is 332 g/mol. The van der Waals surface area contributed by atoms with E-state index < -0.39 is 12.9 Å². The number of carbonyl (C=O) groups excluding carboxylic acids is 1. The molecule has 23 heavy (non-hydrogen) atoms. The van der Waals surface area contributed by atoms with Crippen molar-refractivity contribution in [1.29, 1.82) is 0 Å². The van der Waals surface area contributed by atoms with Gasteiger partial charge in [-0.25, -0.2) is 0 Å². The molecule has 0 aliphatic heterocycles. The Morgan fingerprint density at radius 1 is 1.04 bits per heavy atom. The molecule has 0 aliphatic rings. The summed E-state index contributed by atoms with van der Waals surface area (Å²) in [5.74, 6) is 0. The third kappa shape index (κ3) is 3.45. The first-order valence-corrected chi connectivity index (χ1v) is 9.07. The van der Waals surface area contributed by atoms with Crippen LogP contribution in [0.4, 0.5) is 0 Å². The predicted molar refractivity (Wildman–Crippen MR) is 91.7 cm³/mol. The minimum atomic E-state index is -3.78. The van der Waals surface area contributed by atoms with Crippen molar-refractivity contribution >= 4 is 18.2 Å². The summed E-state index contributed by atoms with van der Waals surface area (Å²) >= 11 is 0. The van der Waals surface area contributed by atoms with Crippen molar-refractivity contribution < 1.29 is 19.0 Å². The third-order valence-corrected chi connectivity index (χ3v) is 6.46. The Morgan fingerprint density at radius 2 is 1.70 bits per heavy atom. The molecule has 2 rings (SSSR count). The summed E-state index contributed by atoms with van der Waals surface area (Å²) in [6, 6.07) is 12.0. The second-order valence-electron chi connectivity index (χ2n) is 5.43. The van der Waals surface area contributed by atoms with Gasteiger partial charge in [0.05, 0.1) is 13.2 Å². The molecule has 0 amide bonds. The van der Waals surface area contributed by atoms with Gasteiger partial charge in [-0.15, -0.1) is 0 Å². The van der Waals surface area contributed by atoms with E-state index >= 15 is 0 Å². The largest absolute Gasteiger partial charge is 0.394 e. The molecule has 1 N–H and O–H groups in total. The highest BCUT2D eigenvalue weighted by molar-refractivity contribution is 7.83. The smallest absolute Gasteiger partial charge is 0.301 e. The maximum atomic E-state index is 13.5. The van der Waals surface area contributed by atoms with Crippen molar-refractivity contribution in [2.75, 3.05) is 13.2 Å². The highest BCUT2D eigenvalue weighted by Crippen LogP contribution is 2.50. The van der Waals surface area contributed by atoms with Gasteiger partial charge < -0.3 is 9.63 Å². The van der Waals surface area contributed by atoms with E-state index in [1.807, 2.05) is 26.8 Å². The lowest BCUT2D eigenvalue weighted by Gasteiger charge is -2.21. The van der Waals surface area contributed by atoms with Crippen molar-refractivity contribution in [2.24, 2.45) is 0 Å². The number of carbonyl (C=O) groups is 1. The van der Waals surface area contributed by atoms with Gasteiger partial charge in [-0.05, 0) is 43.5 Å². The van der Waals surface area contributed by atoms with Gasteiger partial charge in [-0.2, -0.15) is 0 Å². The molecule has 0 fully saturated rings. The third-order valence-electron chi connectivity index (χ3n) is 4.00. The normalized spacial score (nSPS) is 13.6. The minimum absolute atomic E-state index is 0.151. The van der Waals surface area contributed by atoms with Gasteiger partial charge in [0, 0.05) is 10.9 Å². The summed E-state index contributed by atoms with van der Waals surface area (Å²) in [5.41, 5.74) is 2.63. The number of hydrogen-bond acceptors (Lipinski definition) is 4. The molecular weight excluding hydrogens is 311 g/mol. The molecule has 0 heterocycles. The Kier molecular flexibility index (Phi) is 5.53. The lowest BCUT2D eigenvalue weighted by Crippen LogP contribution is -2.20. The molecule has 0 spiro atoms. The van der Waals surface area contributed by atoms with Crippen LogP contribution in [0.25, 0.3) is 0 Å². The van der Waals surface area contributed by atoms with Crippen molar-refractivity contribution in [2.45, 2.75) is 20.8 Å². The first-order chi connectivity index (χ1) is 10.9. The van der Waals surface area contributed by atoms with E-state index in [0.29, 0.717) is 10.9 Å². The molecule has 0 saturated carbocycles. The van der Waals surface area contributed by atoms with Crippen LogP contribution in [-0.4, -0.2) is 23.8 Å². The van der Waals surface area contributed by atoms with E-state index in [1.165, 1.54) is 0 Å². The van der Waals surface area contributed by atoms with E-state index in [1.54, 1.807) is 36.4 Å². The van der Waals surface area contributed by atoms with Gasteiger partial charge in [0.1, 0.15) is 0 Å². The average Bonchev–Trinajstić information content (AvgIpc) is 2.57. The van der Waals surface area contributed by atoms with Gasteiger partial charge in [-0.1, -0.05) is 36.4 Å². The predicted octanol–water partition coefficient (Wildman–Crippen LogP) is 3.36. The number of aryl methyl sites for hydroxylation is 1. The SMILES string of the molecule is Cc1ccc(P(=O)(OCCO)C(=O)c2ccccc2)c(C)c1C. The molecule has 0 radical (unpaired) electrons. The van der Waals surface area contributed by atoms with Crippen LogP contribution in [0, 0.1) is 20.8 Å². The molecule has 0 bridgehead atoms. The van der Waals surface area contributed by atoms with Gasteiger partial charge >= 0.3 is 7.37 Å². The quantitative estimate of drug-likeness (QED) is 0.824. The molecule has 5 heteroatoms. The van der Waals surface area contributed by atoms with Crippen LogP contribution < -0.4 is 5.30 Å². The summed E-state index contributed by atoms with van der Waals surface area (Å²) in [4.78, 5) is 12.9. The zero-order chi connectivity index (χ0) is 17.0. The van der Waals surface area contributed by atoms with Crippen LogP contribution >= 0.6 is 7.37 Å². The highest BCUT2D eigenvalue weighted by Gasteiger charge is 2.37. The maximum Gasteiger partial charge on any atom is 0.301 e. The van der Waals surface area contributed by atoms with Gasteiger partial charge in [0.25, 0.3) is 5.52 Å². The summed E-state index contributed by atoms with van der Waals surface area (Å²) in [5, 5.41) is 9.44. The van der Waals surface area contributed by atoms with Gasteiger partial charge in [0.2, 0.25) is 0 Å². The number of aliphatic hydroxyl groups excluding tert-OH is 1. The fourth-order valence-electron chi connectivity index (χ4n) is 2.42. The van der Waals surface area contributed by atoms with Crippen LogP contribution in [-0.2, 0) is 9.09 Å². The van der Waals surface area contributed by atoms with E-state index in [-0.39, 0.29) is 13.2 Å². The summed E-state index contributed by atoms with van der Waals surface area (Å²) in [6.45, 7) is 5.28. The van der Waals surface area contributed by atoms with Gasteiger partial charge in [0.15, 0.2) is 0 Å². The first-order valence-electron chi connectivity index (χ1n) is 7.44. The Morgan fingerprint density at radius 3 is 2.30 bits per heavy atom. The molecule has 1 unspecified atom stereocenters. The number of aliphatic hydroxyl groups is 1. The maximum absolute atomic E-state index is 13.5. The second-order valence-corrected chi connectivity index (χ2v) is 7.68. The van der Waals surface area contributed by atoms with Crippen molar-refractivity contribution in [3.05, 3.63) is 64.7 Å². The minimum Gasteiger partial charge on any atom is -0.394 e. The van der Waals surface area contributed by atoms with Crippen molar-refractivity contribution in [3.63, 3.8) is 0 Å².